The molecule has 1 aliphatic heterocycles. The third-order valence-corrected chi connectivity index (χ3v) is 6.69. The van der Waals surface area contributed by atoms with Crippen LogP contribution in [0.25, 0.3) is 0 Å². The number of nitriles is 1. The van der Waals surface area contributed by atoms with Crippen molar-refractivity contribution in [1.29, 1.82) is 5.26 Å². The Kier molecular flexibility index (Phi) is 7.34. The highest BCUT2D eigenvalue weighted by atomic mass is 35.5. The van der Waals surface area contributed by atoms with Crippen LogP contribution in [0, 0.1) is 17.1 Å². The number of likely N-dealkylation sites (tertiary alicyclic amines) is 1. The molecule has 1 unspecified atom stereocenters. The van der Waals surface area contributed by atoms with Gasteiger partial charge in [-0.25, -0.2) is 4.39 Å². The van der Waals surface area contributed by atoms with Crippen LogP contribution in [0.4, 0.5) is 17.6 Å². The largest absolute Gasteiger partial charge is 0.419 e. The van der Waals surface area contributed by atoms with Crippen molar-refractivity contribution in [1.82, 2.24) is 9.80 Å². The molecule has 0 radical (unpaired) electrons. The normalized spacial score (nSPS) is 17.9. The second kappa shape index (κ2) is 10.3. The minimum atomic E-state index is -4.76. The summed E-state index contributed by atoms with van der Waals surface area (Å²) in [7, 11) is 1.80. The first kappa shape index (κ1) is 25.7. The standard InChI is InChI=1S/C27H22ClF4N3O/c1-34(14-18-7-10-23(24(29)11-18)27(30,31)32)25-16-35(15-22(25)20-3-2-4-21(28)12-20)26(36)19-8-5-17(13-33)6-9-19/h2-12,22,25H,14-16H2,1H3/t22-,25?/m1/s1. The first-order valence-electron chi connectivity index (χ1n) is 11.2. The monoisotopic (exact) mass is 515 g/mol. The molecular weight excluding hydrogens is 494 g/mol. The predicted octanol–water partition coefficient (Wildman–Crippen LogP) is 6.11. The maximum Gasteiger partial charge on any atom is 0.419 e. The summed E-state index contributed by atoms with van der Waals surface area (Å²) < 4.78 is 53.0. The van der Waals surface area contributed by atoms with E-state index in [1.807, 2.05) is 29.2 Å². The van der Waals surface area contributed by atoms with Gasteiger partial charge in [0.2, 0.25) is 0 Å². The second-order valence-electron chi connectivity index (χ2n) is 8.86. The van der Waals surface area contributed by atoms with E-state index in [4.69, 9.17) is 16.9 Å². The smallest absolute Gasteiger partial charge is 0.336 e. The highest BCUT2D eigenvalue weighted by Gasteiger charge is 2.39. The van der Waals surface area contributed by atoms with Crippen molar-refractivity contribution in [3.05, 3.63) is 105 Å². The van der Waals surface area contributed by atoms with E-state index in [2.05, 4.69) is 0 Å². The summed E-state index contributed by atoms with van der Waals surface area (Å²) >= 11 is 6.22. The molecule has 1 fully saturated rings. The van der Waals surface area contributed by atoms with Crippen LogP contribution < -0.4 is 0 Å². The number of likely N-dealkylation sites (N-methyl/N-ethyl adjacent to an activating group) is 1. The summed E-state index contributed by atoms with van der Waals surface area (Å²) in [5, 5.41) is 9.56. The van der Waals surface area contributed by atoms with Crippen molar-refractivity contribution < 1.29 is 22.4 Å². The lowest BCUT2D eigenvalue weighted by Gasteiger charge is -2.29. The van der Waals surface area contributed by atoms with Gasteiger partial charge in [0.15, 0.2) is 0 Å². The van der Waals surface area contributed by atoms with Crippen LogP contribution in [0.15, 0.2) is 66.7 Å². The lowest BCUT2D eigenvalue weighted by molar-refractivity contribution is -0.140. The number of amides is 1. The summed E-state index contributed by atoms with van der Waals surface area (Å²) in [6.45, 7) is 0.945. The van der Waals surface area contributed by atoms with E-state index in [9.17, 15) is 22.4 Å². The summed E-state index contributed by atoms with van der Waals surface area (Å²) in [6, 6.07) is 18.5. The number of benzene rings is 3. The molecule has 9 heteroatoms. The number of halogens is 5. The molecule has 186 valence electrons. The molecule has 0 N–H and O–H groups in total. The number of hydrogen-bond donors (Lipinski definition) is 0. The highest BCUT2D eigenvalue weighted by Crippen LogP contribution is 2.35. The second-order valence-corrected chi connectivity index (χ2v) is 9.29. The van der Waals surface area contributed by atoms with Crippen LogP contribution in [0.5, 0.6) is 0 Å². The molecule has 0 aliphatic carbocycles. The van der Waals surface area contributed by atoms with Crippen molar-refractivity contribution in [2.75, 3.05) is 20.1 Å². The van der Waals surface area contributed by atoms with Gasteiger partial charge in [0.1, 0.15) is 5.82 Å². The summed E-state index contributed by atoms with van der Waals surface area (Å²) in [5.74, 6) is -1.64. The summed E-state index contributed by atoms with van der Waals surface area (Å²) in [4.78, 5) is 16.9. The summed E-state index contributed by atoms with van der Waals surface area (Å²) in [5.41, 5.74) is 0.918. The Hall–Kier alpha value is -3.41. The molecule has 36 heavy (non-hydrogen) atoms. The average Bonchev–Trinajstić information content (AvgIpc) is 3.29. The van der Waals surface area contributed by atoms with E-state index < -0.39 is 17.6 Å². The van der Waals surface area contributed by atoms with Crippen LogP contribution in [-0.4, -0.2) is 41.9 Å². The molecule has 0 spiro atoms. The minimum Gasteiger partial charge on any atom is -0.336 e. The SMILES string of the molecule is CN(Cc1ccc(C(F)(F)F)c(F)c1)C1CN(C(=O)c2ccc(C#N)cc2)C[C@@H]1c1cccc(Cl)c1. The molecule has 3 aromatic carbocycles. The number of carbonyl (C=O) groups excluding carboxylic acids is 1. The van der Waals surface area contributed by atoms with Crippen molar-refractivity contribution in [3.63, 3.8) is 0 Å². The van der Waals surface area contributed by atoms with Crippen molar-refractivity contribution in [3.8, 4) is 6.07 Å². The number of alkyl halides is 3. The fourth-order valence-electron chi connectivity index (χ4n) is 4.63. The Balaban J connectivity index is 1.59. The Bertz CT molecular complexity index is 1300. The number of hydrogen-bond acceptors (Lipinski definition) is 3. The zero-order valence-corrected chi connectivity index (χ0v) is 20.0. The molecule has 2 atom stereocenters. The van der Waals surface area contributed by atoms with E-state index in [1.54, 1.807) is 42.3 Å². The fourth-order valence-corrected chi connectivity index (χ4v) is 4.82. The quantitative estimate of drug-likeness (QED) is 0.385. The summed E-state index contributed by atoms with van der Waals surface area (Å²) in [6.07, 6.45) is -4.76. The fraction of sp³-hybridized carbons (Fsp3) is 0.259. The van der Waals surface area contributed by atoms with Gasteiger partial charge in [-0.15, -0.1) is 0 Å². The third-order valence-electron chi connectivity index (χ3n) is 6.45. The van der Waals surface area contributed by atoms with Gasteiger partial charge < -0.3 is 4.90 Å². The van der Waals surface area contributed by atoms with Gasteiger partial charge in [0, 0.05) is 42.2 Å². The Labute approximate surface area is 211 Å². The lowest BCUT2D eigenvalue weighted by atomic mass is 9.93. The zero-order valence-electron chi connectivity index (χ0n) is 19.3. The van der Waals surface area contributed by atoms with E-state index >= 15 is 0 Å². The minimum absolute atomic E-state index is 0.129. The van der Waals surface area contributed by atoms with E-state index in [-0.39, 0.29) is 24.4 Å². The molecule has 4 rings (SSSR count). The maximum absolute atomic E-state index is 14.1. The van der Waals surface area contributed by atoms with Gasteiger partial charge in [-0.1, -0.05) is 29.8 Å². The predicted molar refractivity (Wildman–Crippen MR) is 128 cm³/mol. The molecule has 4 nitrogen and oxygen atoms in total. The van der Waals surface area contributed by atoms with Gasteiger partial charge in [0.25, 0.3) is 5.91 Å². The van der Waals surface area contributed by atoms with Gasteiger partial charge in [-0.2, -0.15) is 18.4 Å². The molecule has 1 heterocycles. The van der Waals surface area contributed by atoms with Crippen molar-refractivity contribution in [2.45, 2.75) is 24.7 Å². The molecule has 0 saturated carbocycles. The van der Waals surface area contributed by atoms with Crippen LogP contribution in [0.1, 0.15) is 38.5 Å². The highest BCUT2D eigenvalue weighted by molar-refractivity contribution is 6.30. The van der Waals surface area contributed by atoms with Gasteiger partial charge >= 0.3 is 6.18 Å². The van der Waals surface area contributed by atoms with Crippen LogP contribution in [0.3, 0.4) is 0 Å². The first-order chi connectivity index (χ1) is 17.1. The molecule has 1 amide bonds. The average molecular weight is 516 g/mol. The van der Waals surface area contributed by atoms with Crippen molar-refractivity contribution in [2.24, 2.45) is 0 Å². The number of carbonyl (C=O) groups is 1. The van der Waals surface area contributed by atoms with E-state index in [1.165, 1.54) is 6.07 Å². The van der Waals surface area contributed by atoms with Crippen LogP contribution >= 0.6 is 11.6 Å². The van der Waals surface area contributed by atoms with Crippen LogP contribution in [-0.2, 0) is 12.7 Å². The Morgan fingerprint density at radius 2 is 1.83 bits per heavy atom. The topological polar surface area (TPSA) is 47.3 Å². The first-order valence-corrected chi connectivity index (χ1v) is 11.6. The molecule has 3 aromatic rings. The zero-order chi connectivity index (χ0) is 26.0. The Morgan fingerprint density at radius 1 is 1.11 bits per heavy atom. The van der Waals surface area contributed by atoms with Crippen LogP contribution in [0.2, 0.25) is 5.02 Å². The van der Waals surface area contributed by atoms with E-state index in [0.717, 1.165) is 17.7 Å². The third kappa shape index (κ3) is 5.53. The van der Waals surface area contributed by atoms with Crippen molar-refractivity contribution >= 4 is 17.5 Å². The number of rotatable bonds is 5. The number of nitrogens with zero attached hydrogens (tertiary/aromatic N) is 3. The Morgan fingerprint density at radius 3 is 2.44 bits per heavy atom. The molecular formula is C27H22ClF4N3O. The maximum atomic E-state index is 14.1. The van der Waals surface area contributed by atoms with E-state index in [0.29, 0.717) is 34.8 Å². The molecule has 0 aromatic heterocycles. The molecule has 1 saturated heterocycles. The van der Waals surface area contributed by atoms with Gasteiger partial charge in [-0.05, 0) is 66.7 Å². The molecule has 0 bridgehead atoms. The van der Waals surface area contributed by atoms with Gasteiger partial charge in [0.05, 0.1) is 17.2 Å². The molecule has 1 aliphatic rings. The van der Waals surface area contributed by atoms with Gasteiger partial charge in [-0.3, -0.25) is 9.69 Å². The lowest BCUT2D eigenvalue weighted by Crippen LogP contribution is -2.38.